The predicted octanol–water partition coefficient (Wildman–Crippen LogP) is 3.79. The van der Waals surface area contributed by atoms with Gasteiger partial charge in [-0.2, -0.15) is 0 Å². The summed E-state index contributed by atoms with van der Waals surface area (Å²) in [6.45, 7) is 2.30. The van der Waals surface area contributed by atoms with Crippen LogP contribution in [0.4, 0.5) is 5.00 Å². The van der Waals surface area contributed by atoms with Gasteiger partial charge in [0.25, 0.3) is 5.91 Å². The predicted molar refractivity (Wildman–Crippen MR) is 83.7 cm³/mol. The van der Waals surface area contributed by atoms with Gasteiger partial charge in [0.05, 0.1) is 5.56 Å². The van der Waals surface area contributed by atoms with E-state index < -0.39 is 0 Å². The lowest BCUT2D eigenvalue weighted by atomic mass is 9.88. The summed E-state index contributed by atoms with van der Waals surface area (Å²) in [5.41, 5.74) is 2.20. The minimum absolute atomic E-state index is 0.0764. The second-order valence-corrected chi connectivity index (χ2v) is 7.71. The number of carbonyl (C=O) groups excluding carboxylic acids is 1. The summed E-state index contributed by atoms with van der Waals surface area (Å²) < 4.78 is 0. The minimum atomic E-state index is -0.0764. The topological polar surface area (TPSA) is 41.1 Å². The number of nitrogens with one attached hydrogen (secondary N) is 2. The van der Waals surface area contributed by atoms with Gasteiger partial charge in [-0.3, -0.25) is 4.79 Å². The fourth-order valence-corrected chi connectivity index (χ4v) is 5.22. The third-order valence-electron chi connectivity index (χ3n) is 4.12. The van der Waals surface area contributed by atoms with Crippen molar-refractivity contribution in [2.45, 2.75) is 32.4 Å². The Labute approximate surface area is 126 Å². The second kappa shape index (κ2) is 4.60. The quantitative estimate of drug-likeness (QED) is 0.841. The number of thiophene rings is 2. The lowest BCUT2D eigenvalue weighted by Gasteiger charge is -2.26. The molecule has 5 heteroatoms. The smallest absolute Gasteiger partial charge is 0.256 e. The zero-order valence-electron chi connectivity index (χ0n) is 11.2. The molecule has 0 bridgehead atoms. The minimum Gasteiger partial charge on any atom is -0.352 e. The molecule has 0 unspecified atom stereocenters. The number of amides is 1. The zero-order valence-corrected chi connectivity index (χ0v) is 12.9. The molecule has 20 heavy (non-hydrogen) atoms. The van der Waals surface area contributed by atoms with Crippen LogP contribution in [0.3, 0.4) is 0 Å². The van der Waals surface area contributed by atoms with Gasteiger partial charge in [0.2, 0.25) is 0 Å². The van der Waals surface area contributed by atoms with Crippen LogP contribution in [0.25, 0.3) is 0 Å². The molecule has 2 atom stereocenters. The molecular formula is C15H16N2OS2. The van der Waals surface area contributed by atoms with Gasteiger partial charge < -0.3 is 10.6 Å². The SMILES string of the molecule is C[C@H]1CCc2c(sc3c2C(=O)N[C@H](c2cccs2)N3)C1. The van der Waals surface area contributed by atoms with Crippen molar-refractivity contribution >= 4 is 33.6 Å². The number of rotatable bonds is 1. The van der Waals surface area contributed by atoms with Crippen molar-refractivity contribution in [3.63, 3.8) is 0 Å². The van der Waals surface area contributed by atoms with Crippen LogP contribution in [0.15, 0.2) is 17.5 Å². The van der Waals surface area contributed by atoms with Crippen LogP contribution in [0.1, 0.15) is 45.2 Å². The molecule has 2 aliphatic rings. The van der Waals surface area contributed by atoms with E-state index in [1.165, 1.54) is 16.9 Å². The molecule has 0 radical (unpaired) electrons. The van der Waals surface area contributed by atoms with E-state index >= 15 is 0 Å². The first-order chi connectivity index (χ1) is 9.72. The molecule has 3 heterocycles. The van der Waals surface area contributed by atoms with E-state index in [1.54, 1.807) is 22.7 Å². The Morgan fingerprint density at radius 1 is 1.35 bits per heavy atom. The Hall–Kier alpha value is -1.33. The zero-order chi connectivity index (χ0) is 13.7. The van der Waals surface area contributed by atoms with Gasteiger partial charge in [0, 0.05) is 9.75 Å². The Bertz CT molecular complexity index is 660. The van der Waals surface area contributed by atoms with Gasteiger partial charge in [0.15, 0.2) is 0 Å². The second-order valence-electron chi connectivity index (χ2n) is 5.62. The molecule has 0 saturated carbocycles. The number of hydrogen-bond acceptors (Lipinski definition) is 4. The maximum Gasteiger partial charge on any atom is 0.256 e. The van der Waals surface area contributed by atoms with E-state index in [4.69, 9.17) is 0 Å². The Kier molecular flexibility index (Phi) is 2.86. The van der Waals surface area contributed by atoms with E-state index in [0.717, 1.165) is 34.2 Å². The molecule has 1 amide bonds. The van der Waals surface area contributed by atoms with Crippen molar-refractivity contribution in [1.29, 1.82) is 0 Å². The maximum absolute atomic E-state index is 12.5. The van der Waals surface area contributed by atoms with E-state index in [0.29, 0.717) is 0 Å². The molecule has 2 aromatic rings. The van der Waals surface area contributed by atoms with Crippen LogP contribution < -0.4 is 10.6 Å². The summed E-state index contributed by atoms with van der Waals surface area (Å²) >= 11 is 3.45. The molecule has 0 spiro atoms. The molecular weight excluding hydrogens is 288 g/mol. The average Bonchev–Trinajstić information content (AvgIpc) is 3.04. The van der Waals surface area contributed by atoms with Gasteiger partial charge in [0.1, 0.15) is 11.2 Å². The highest BCUT2D eigenvalue weighted by atomic mass is 32.1. The summed E-state index contributed by atoms with van der Waals surface area (Å²) in [4.78, 5) is 15.0. The highest BCUT2D eigenvalue weighted by Crippen LogP contribution is 2.42. The van der Waals surface area contributed by atoms with Crippen molar-refractivity contribution in [2.75, 3.05) is 5.32 Å². The van der Waals surface area contributed by atoms with E-state index in [-0.39, 0.29) is 12.1 Å². The van der Waals surface area contributed by atoms with E-state index in [9.17, 15) is 4.79 Å². The molecule has 2 N–H and O–H groups in total. The highest BCUT2D eigenvalue weighted by Gasteiger charge is 2.33. The van der Waals surface area contributed by atoms with Crippen LogP contribution in [0.5, 0.6) is 0 Å². The largest absolute Gasteiger partial charge is 0.352 e. The van der Waals surface area contributed by atoms with Gasteiger partial charge in [-0.1, -0.05) is 13.0 Å². The van der Waals surface area contributed by atoms with Crippen molar-refractivity contribution in [2.24, 2.45) is 5.92 Å². The first-order valence-electron chi connectivity index (χ1n) is 6.97. The molecule has 2 aromatic heterocycles. The number of anilines is 1. The van der Waals surface area contributed by atoms with Crippen LogP contribution >= 0.6 is 22.7 Å². The molecule has 1 aliphatic heterocycles. The van der Waals surface area contributed by atoms with E-state index in [2.05, 4.69) is 23.6 Å². The molecule has 3 nitrogen and oxygen atoms in total. The van der Waals surface area contributed by atoms with Gasteiger partial charge in [-0.15, -0.1) is 22.7 Å². The van der Waals surface area contributed by atoms with Gasteiger partial charge >= 0.3 is 0 Å². The van der Waals surface area contributed by atoms with Gasteiger partial charge in [-0.05, 0) is 42.2 Å². The van der Waals surface area contributed by atoms with Crippen LogP contribution in [-0.2, 0) is 12.8 Å². The Morgan fingerprint density at radius 2 is 2.25 bits per heavy atom. The van der Waals surface area contributed by atoms with Crippen LogP contribution in [0.2, 0.25) is 0 Å². The molecule has 4 rings (SSSR count). The van der Waals surface area contributed by atoms with Crippen molar-refractivity contribution < 1.29 is 4.79 Å². The fraction of sp³-hybridized carbons (Fsp3) is 0.400. The van der Waals surface area contributed by atoms with Crippen LogP contribution in [0, 0.1) is 5.92 Å². The third-order valence-corrected chi connectivity index (χ3v) is 6.24. The Balaban J connectivity index is 1.73. The monoisotopic (exact) mass is 304 g/mol. The normalized spacial score (nSPS) is 24.6. The molecule has 0 saturated heterocycles. The number of fused-ring (bicyclic) bond motifs is 3. The summed E-state index contributed by atoms with van der Waals surface area (Å²) in [5, 5.41) is 9.69. The van der Waals surface area contributed by atoms with Gasteiger partial charge in [-0.25, -0.2) is 0 Å². The molecule has 104 valence electrons. The fourth-order valence-electron chi connectivity index (χ4n) is 3.06. The number of hydrogen-bond donors (Lipinski definition) is 2. The lowest BCUT2D eigenvalue weighted by Crippen LogP contribution is -2.37. The number of carbonyl (C=O) groups is 1. The maximum atomic E-state index is 12.5. The van der Waals surface area contributed by atoms with E-state index in [1.807, 2.05) is 11.4 Å². The molecule has 0 aromatic carbocycles. The first-order valence-corrected chi connectivity index (χ1v) is 8.67. The highest BCUT2D eigenvalue weighted by molar-refractivity contribution is 7.16. The average molecular weight is 304 g/mol. The van der Waals surface area contributed by atoms with Crippen molar-refractivity contribution in [1.82, 2.24) is 5.32 Å². The summed E-state index contributed by atoms with van der Waals surface area (Å²) in [6, 6.07) is 4.08. The van der Waals surface area contributed by atoms with Crippen molar-refractivity contribution in [3.05, 3.63) is 38.4 Å². The molecule has 1 aliphatic carbocycles. The molecule has 0 fully saturated rings. The third kappa shape index (κ3) is 1.88. The lowest BCUT2D eigenvalue weighted by molar-refractivity contribution is 0.0936. The summed E-state index contributed by atoms with van der Waals surface area (Å²) in [5.74, 6) is 0.822. The summed E-state index contributed by atoms with van der Waals surface area (Å²) in [6.07, 6.45) is 3.28. The first kappa shape index (κ1) is 12.4. The van der Waals surface area contributed by atoms with Crippen molar-refractivity contribution in [3.8, 4) is 0 Å². The Morgan fingerprint density at radius 3 is 3.05 bits per heavy atom. The van der Waals surface area contributed by atoms with Crippen LogP contribution in [-0.4, -0.2) is 5.91 Å². The summed E-state index contributed by atoms with van der Waals surface area (Å²) in [7, 11) is 0. The standard InChI is InChI=1S/C15H16N2OS2/c1-8-4-5-9-11(7-8)20-15-12(9)14(18)16-13(17-15)10-3-2-6-19-10/h2-3,6,8,13,17H,4-5,7H2,1H3,(H,16,18)/t8-,13-/m0/s1.